The number of aromatic carboxylic acids is 1. The first-order valence-corrected chi connectivity index (χ1v) is 6.39. The molecule has 6 nitrogen and oxygen atoms in total. The van der Waals surface area contributed by atoms with Crippen LogP contribution in [0.4, 0.5) is 0 Å². The van der Waals surface area contributed by atoms with Gasteiger partial charge in [0.25, 0.3) is 0 Å². The molecule has 1 saturated heterocycles. The van der Waals surface area contributed by atoms with Crippen molar-refractivity contribution in [1.82, 2.24) is 14.8 Å². The molecule has 100 valence electrons. The number of aromatic nitrogens is 3. The van der Waals surface area contributed by atoms with Crippen LogP contribution in [-0.2, 0) is 4.74 Å². The van der Waals surface area contributed by atoms with Gasteiger partial charge in [-0.1, -0.05) is 11.6 Å². The molecule has 2 aromatic rings. The fourth-order valence-corrected chi connectivity index (χ4v) is 2.58. The fourth-order valence-electron chi connectivity index (χ4n) is 2.31. The summed E-state index contributed by atoms with van der Waals surface area (Å²) in [7, 11) is 0. The summed E-state index contributed by atoms with van der Waals surface area (Å²) in [5.41, 5.74) is 0.627. The average molecular weight is 282 g/mol. The molecule has 0 radical (unpaired) electrons. The van der Waals surface area contributed by atoms with E-state index in [0.717, 1.165) is 12.8 Å². The number of hydrogen-bond acceptors (Lipinski definition) is 4. The van der Waals surface area contributed by atoms with Crippen LogP contribution in [0.3, 0.4) is 0 Å². The molecule has 1 aliphatic rings. The Labute approximate surface area is 113 Å². The van der Waals surface area contributed by atoms with Crippen LogP contribution in [0.5, 0.6) is 0 Å². The number of ether oxygens (including phenoxy) is 1. The van der Waals surface area contributed by atoms with E-state index >= 15 is 0 Å². The van der Waals surface area contributed by atoms with Gasteiger partial charge in [0.15, 0.2) is 5.65 Å². The van der Waals surface area contributed by atoms with Gasteiger partial charge in [0.1, 0.15) is 0 Å². The lowest BCUT2D eigenvalue weighted by atomic mass is 10.1. The van der Waals surface area contributed by atoms with Gasteiger partial charge in [-0.05, 0) is 12.8 Å². The first kappa shape index (κ1) is 12.4. The molecule has 0 aliphatic carbocycles. The first-order chi connectivity index (χ1) is 9.18. The summed E-state index contributed by atoms with van der Waals surface area (Å²) < 4.78 is 7.13. The number of rotatable bonds is 2. The highest BCUT2D eigenvalue weighted by Gasteiger charge is 2.21. The molecule has 0 atom stereocenters. The smallest absolute Gasteiger partial charge is 0.338 e. The molecule has 3 heterocycles. The van der Waals surface area contributed by atoms with E-state index in [9.17, 15) is 4.79 Å². The van der Waals surface area contributed by atoms with Crippen LogP contribution in [0.1, 0.15) is 29.2 Å². The molecule has 1 fully saturated rings. The number of hydrogen-bond donors (Lipinski definition) is 1. The Morgan fingerprint density at radius 3 is 2.84 bits per heavy atom. The normalized spacial score (nSPS) is 16.9. The molecule has 0 amide bonds. The number of carbonyl (C=O) groups is 1. The van der Waals surface area contributed by atoms with E-state index in [1.54, 1.807) is 6.20 Å². The Morgan fingerprint density at radius 2 is 2.16 bits per heavy atom. The highest BCUT2D eigenvalue weighted by Crippen LogP contribution is 2.29. The van der Waals surface area contributed by atoms with E-state index < -0.39 is 5.97 Å². The topological polar surface area (TPSA) is 77.2 Å². The standard InChI is InChI=1S/C12H12ClN3O3/c13-10-8-6-15-16(7-1-3-19-4-2-7)11(8)14-5-9(10)12(17)18/h5-7H,1-4H2,(H,17,18). The number of fused-ring (bicyclic) bond motifs is 1. The lowest BCUT2D eigenvalue weighted by molar-refractivity contribution is 0.0673. The van der Waals surface area contributed by atoms with E-state index in [1.165, 1.54) is 6.20 Å². The Balaban J connectivity index is 2.08. The van der Waals surface area contributed by atoms with Crippen LogP contribution < -0.4 is 0 Å². The van der Waals surface area contributed by atoms with E-state index in [0.29, 0.717) is 24.2 Å². The molecule has 7 heteroatoms. The van der Waals surface area contributed by atoms with Crippen molar-refractivity contribution >= 4 is 28.6 Å². The van der Waals surface area contributed by atoms with Gasteiger partial charge < -0.3 is 9.84 Å². The van der Waals surface area contributed by atoms with Crippen molar-refractivity contribution < 1.29 is 14.6 Å². The quantitative estimate of drug-likeness (QED) is 0.912. The molecule has 1 aliphatic heterocycles. The van der Waals surface area contributed by atoms with Crippen LogP contribution in [-0.4, -0.2) is 39.1 Å². The van der Waals surface area contributed by atoms with E-state index in [4.69, 9.17) is 21.4 Å². The zero-order valence-electron chi connectivity index (χ0n) is 10.0. The van der Waals surface area contributed by atoms with Gasteiger partial charge in [-0.15, -0.1) is 0 Å². The minimum absolute atomic E-state index is 0.000643. The predicted octanol–water partition coefficient (Wildman–Crippen LogP) is 2.13. The van der Waals surface area contributed by atoms with Gasteiger partial charge >= 0.3 is 5.97 Å². The summed E-state index contributed by atoms with van der Waals surface area (Å²) >= 11 is 6.09. The Morgan fingerprint density at radius 1 is 1.42 bits per heavy atom. The van der Waals surface area contributed by atoms with Crippen LogP contribution in [0.15, 0.2) is 12.4 Å². The molecule has 19 heavy (non-hydrogen) atoms. The molecule has 0 unspecified atom stereocenters. The monoisotopic (exact) mass is 281 g/mol. The van der Waals surface area contributed by atoms with E-state index in [-0.39, 0.29) is 16.6 Å². The van der Waals surface area contributed by atoms with Crippen molar-refractivity contribution in [1.29, 1.82) is 0 Å². The fraction of sp³-hybridized carbons (Fsp3) is 0.417. The Bertz CT molecular complexity index is 634. The summed E-state index contributed by atoms with van der Waals surface area (Å²) in [6.07, 6.45) is 4.60. The van der Waals surface area contributed by atoms with Crippen molar-refractivity contribution in [2.45, 2.75) is 18.9 Å². The van der Waals surface area contributed by atoms with Crippen LogP contribution in [0.25, 0.3) is 11.0 Å². The summed E-state index contributed by atoms with van der Waals surface area (Å²) in [6, 6.07) is 0.227. The van der Waals surface area contributed by atoms with E-state index in [1.807, 2.05) is 4.68 Å². The minimum atomic E-state index is -1.08. The molecule has 1 N–H and O–H groups in total. The van der Waals surface area contributed by atoms with Gasteiger partial charge in [0.05, 0.1) is 28.2 Å². The number of pyridine rings is 1. The molecule has 3 rings (SSSR count). The molecule has 0 aromatic carbocycles. The largest absolute Gasteiger partial charge is 0.478 e. The molecule has 2 aromatic heterocycles. The highest BCUT2D eigenvalue weighted by atomic mass is 35.5. The maximum Gasteiger partial charge on any atom is 0.338 e. The average Bonchev–Trinajstić information content (AvgIpc) is 2.84. The summed E-state index contributed by atoms with van der Waals surface area (Å²) in [6.45, 7) is 1.40. The predicted molar refractivity (Wildman–Crippen MR) is 68.6 cm³/mol. The lowest BCUT2D eigenvalue weighted by Gasteiger charge is -2.22. The van der Waals surface area contributed by atoms with Gasteiger partial charge in [-0.25, -0.2) is 14.5 Å². The second-order valence-electron chi connectivity index (χ2n) is 4.46. The molecule has 0 bridgehead atoms. The second-order valence-corrected chi connectivity index (χ2v) is 4.84. The van der Waals surface area contributed by atoms with Gasteiger partial charge in [-0.2, -0.15) is 5.10 Å². The third-order valence-corrected chi connectivity index (χ3v) is 3.73. The minimum Gasteiger partial charge on any atom is -0.478 e. The number of halogens is 1. The van der Waals surface area contributed by atoms with Crippen molar-refractivity contribution in [3.8, 4) is 0 Å². The molecular formula is C12H12ClN3O3. The highest BCUT2D eigenvalue weighted by molar-refractivity contribution is 6.37. The summed E-state index contributed by atoms with van der Waals surface area (Å²) in [4.78, 5) is 15.2. The van der Waals surface area contributed by atoms with E-state index in [2.05, 4.69) is 10.1 Å². The maximum absolute atomic E-state index is 11.0. The number of carboxylic acid groups (broad SMARTS) is 1. The van der Waals surface area contributed by atoms with Crippen molar-refractivity contribution in [2.75, 3.05) is 13.2 Å². The number of carboxylic acids is 1. The summed E-state index contributed by atoms with van der Waals surface area (Å²) in [5, 5.41) is 14.1. The Kier molecular flexibility index (Phi) is 3.12. The third kappa shape index (κ3) is 2.06. The van der Waals surface area contributed by atoms with Gasteiger partial charge in [0.2, 0.25) is 0 Å². The SMILES string of the molecule is O=C(O)c1cnc2c(cnn2C2CCOCC2)c1Cl. The lowest BCUT2D eigenvalue weighted by Crippen LogP contribution is -2.20. The summed E-state index contributed by atoms with van der Waals surface area (Å²) in [5.74, 6) is -1.08. The molecule has 0 spiro atoms. The molecule has 0 saturated carbocycles. The van der Waals surface area contributed by atoms with Gasteiger partial charge in [-0.3, -0.25) is 0 Å². The maximum atomic E-state index is 11.0. The first-order valence-electron chi connectivity index (χ1n) is 6.01. The third-order valence-electron chi connectivity index (χ3n) is 3.33. The van der Waals surface area contributed by atoms with Crippen molar-refractivity contribution in [3.05, 3.63) is 23.0 Å². The molecular weight excluding hydrogens is 270 g/mol. The second kappa shape index (κ2) is 4.79. The zero-order valence-corrected chi connectivity index (χ0v) is 10.8. The van der Waals surface area contributed by atoms with Gasteiger partial charge in [0, 0.05) is 19.4 Å². The zero-order chi connectivity index (χ0) is 13.4. The number of nitrogens with zero attached hydrogens (tertiary/aromatic N) is 3. The van der Waals surface area contributed by atoms with Crippen LogP contribution >= 0.6 is 11.6 Å². The van der Waals surface area contributed by atoms with Crippen LogP contribution in [0.2, 0.25) is 5.02 Å². The van der Waals surface area contributed by atoms with Crippen LogP contribution in [0, 0.1) is 0 Å². The Hall–Kier alpha value is -1.66. The van der Waals surface area contributed by atoms with Crippen molar-refractivity contribution in [3.63, 3.8) is 0 Å². The van der Waals surface area contributed by atoms with Crippen molar-refractivity contribution in [2.24, 2.45) is 0 Å².